The Morgan fingerprint density at radius 2 is 1.93 bits per heavy atom. The van der Waals surface area contributed by atoms with E-state index in [1.807, 2.05) is 6.92 Å². The van der Waals surface area contributed by atoms with Crippen molar-refractivity contribution in [2.45, 2.75) is 38.0 Å². The summed E-state index contributed by atoms with van der Waals surface area (Å²) in [5, 5.41) is 16.8. The van der Waals surface area contributed by atoms with Crippen molar-refractivity contribution >= 4 is 10.9 Å². The average molecular weight is 431 g/mol. The van der Waals surface area contributed by atoms with Gasteiger partial charge in [-0.05, 0) is 42.9 Å². The first-order valence-corrected chi connectivity index (χ1v) is 9.39. The molecule has 30 heavy (non-hydrogen) atoms. The van der Waals surface area contributed by atoms with Gasteiger partial charge in [-0.15, -0.1) is 0 Å². The number of rotatable bonds is 4. The van der Waals surface area contributed by atoms with Crippen LogP contribution in [0.15, 0.2) is 36.0 Å². The summed E-state index contributed by atoms with van der Waals surface area (Å²) in [6.45, 7) is 1.77. The summed E-state index contributed by atoms with van der Waals surface area (Å²) in [5.74, 6) is 0.742. The van der Waals surface area contributed by atoms with Crippen LogP contribution in [0.1, 0.15) is 36.3 Å². The molecule has 4 rings (SSSR count). The molecule has 1 aromatic heterocycles. The number of hydrogen-bond acceptors (Lipinski definition) is 4. The molecule has 4 unspecified atom stereocenters. The van der Waals surface area contributed by atoms with Crippen molar-refractivity contribution in [2.24, 2.45) is 11.8 Å². The predicted molar refractivity (Wildman–Crippen MR) is 97.0 cm³/mol. The van der Waals surface area contributed by atoms with E-state index in [9.17, 15) is 31.4 Å². The molecule has 10 heteroatoms. The lowest BCUT2D eigenvalue weighted by molar-refractivity contribution is -0.142. The van der Waals surface area contributed by atoms with Crippen LogP contribution in [-0.4, -0.2) is 22.8 Å². The van der Waals surface area contributed by atoms with Gasteiger partial charge >= 0.3 is 12.4 Å². The van der Waals surface area contributed by atoms with Gasteiger partial charge in [-0.2, -0.15) is 26.3 Å². The summed E-state index contributed by atoms with van der Waals surface area (Å²) in [6, 6.07) is 3.63. The van der Waals surface area contributed by atoms with Crippen LogP contribution < -0.4 is 10.6 Å². The second-order valence-electron chi connectivity index (χ2n) is 7.75. The van der Waals surface area contributed by atoms with E-state index in [4.69, 9.17) is 0 Å². The van der Waals surface area contributed by atoms with Gasteiger partial charge in [-0.25, -0.2) is 4.98 Å². The molecule has 2 aromatic rings. The van der Waals surface area contributed by atoms with Crippen LogP contribution in [-0.2, 0) is 12.4 Å². The van der Waals surface area contributed by atoms with E-state index in [2.05, 4.69) is 21.7 Å². The van der Waals surface area contributed by atoms with Gasteiger partial charge in [0.25, 0.3) is 0 Å². The number of allylic oxidation sites excluding steroid dienone is 2. The van der Waals surface area contributed by atoms with E-state index in [0.29, 0.717) is 24.0 Å². The quantitative estimate of drug-likeness (QED) is 0.630. The number of alkyl halides is 6. The first-order chi connectivity index (χ1) is 13.9. The second-order valence-corrected chi connectivity index (χ2v) is 7.75. The van der Waals surface area contributed by atoms with Crippen LogP contribution in [0.3, 0.4) is 0 Å². The van der Waals surface area contributed by atoms with E-state index in [1.54, 1.807) is 0 Å². The maximum atomic E-state index is 13.3. The number of halogens is 6. The molecule has 0 bridgehead atoms. The lowest BCUT2D eigenvalue weighted by atomic mass is 9.99. The smallest absolute Gasteiger partial charge is 0.387 e. The van der Waals surface area contributed by atoms with E-state index in [1.165, 1.54) is 6.07 Å². The fourth-order valence-electron chi connectivity index (χ4n) is 4.01. The topological polar surface area (TPSA) is 57.2 Å². The first kappa shape index (κ1) is 20.9. The van der Waals surface area contributed by atoms with E-state index < -0.39 is 35.2 Å². The summed E-state index contributed by atoms with van der Waals surface area (Å²) >= 11 is 0. The zero-order valence-corrected chi connectivity index (χ0v) is 15.8. The molecule has 2 aliphatic rings. The predicted octanol–water partition coefficient (Wildman–Crippen LogP) is 4.36. The largest absolute Gasteiger partial charge is 0.433 e. The Morgan fingerprint density at radius 1 is 1.20 bits per heavy atom. The number of nitrogens with one attached hydrogen (secondary N) is 2. The summed E-state index contributed by atoms with van der Waals surface area (Å²) in [6.07, 6.45) is -8.38. The van der Waals surface area contributed by atoms with Crippen LogP contribution in [0.25, 0.3) is 10.9 Å². The average Bonchev–Trinajstić information content (AvgIpc) is 3.42. The maximum Gasteiger partial charge on any atom is 0.433 e. The van der Waals surface area contributed by atoms with E-state index in [0.717, 1.165) is 18.2 Å². The third-order valence-electron chi connectivity index (χ3n) is 5.52. The van der Waals surface area contributed by atoms with Crippen molar-refractivity contribution < 1.29 is 31.4 Å². The van der Waals surface area contributed by atoms with Crippen LogP contribution in [0.5, 0.6) is 0 Å². The number of hydrogen-bond donors (Lipinski definition) is 3. The lowest BCUT2D eigenvalue weighted by Crippen LogP contribution is -2.46. The third kappa shape index (κ3) is 3.98. The summed E-state index contributed by atoms with van der Waals surface area (Å²) in [7, 11) is 0. The number of para-hydroxylation sites is 1. The highest BCUT2D eigenvalue weighted by Gasteiger charge is 2.44. The molecule has 3 N–H and O–H groups in total. The molecule has 0 spiro atoms. The maximum absolute atomic E-state index is 13.3. The summed E-state index contributed by atoms with van der Waals surface area (Å²) in [4.78, 5) is 3.24. The number of nitrogens with zero attached hydrogens (tertiary/aromatic N) is 1. The van der Waals surface area contributed by atoms with Gasteiger partial charge in [-0.1, -0.05) is 18.2 Å². The molecule has 1 saturated carbocycles. The molecule has 1 fully saturated rings. The van der Waals surface area contributed by atoms with Crippen molar-refractivity contribution in [1.29, 1.82) is 0 Å². The Kier molecular flexibility index (Phi) is 4.97. The molecule has 2 heterocycles. The van der Waals surface area contributed by atoms with Crippen LogP contribution in [0, 0.1) is 11.8 Å². The highest BCUT2D eigenvalue weighted by Crippen LogP contribution is 2.45. The molecular formula is C20H19F6N3O. The number of aliphatic hydroxyl groups is 1. The highest BCUT2D eigenvalue weighted by molar-refractivity contribution is 5.86. The van der Waals surface area contributed by atoms with Gasteiger partial charge in [0.2, 0.25) is 0 Å². The Bertz CT molecular complexity index is 1000. The van der Waals surface area contributed by atoms with Gasteiger partial charge in [-0.3, -0.25) is 5.32 Å². The molecular weight excluding hydrogens is 412 g/mol. The van der Waals surface area contributed by atoms with Gasteiger partial charge in [0.1, 0.15) is 5.69 Å². The summed E-state index contributed by atoms with van der Waals surface area (Å²) in [5.41, 5.74) is -2.86. The van der Waals surface area contributed by atoms with Crippen LogP contribution in [0.4, 0.5) is 26.3 Å². The van der Waals surface area contributed by atoms with E-state index >= 15 is 0 Å². The van der Waals surface area contributed by atoms with Crippen LogP contribution in [0.2, 0.25) is 0 Å². The molecule has 1 aliphatic heterocycles. The highest BCUT2D eigenvalue weighted by atomic mass is 19.4. The number of pyridine rings is 1. The number of aliphatic hydroxyl groups excluding tert-OH is 1. The Hall–Kier alpha value is -2.33. The number of aromatic nitrogens is 1. The fraction of sp³-hybridized carbons (Fsp3) is 0.450. The van der Waals surface area contributed by atoms with Crippen LogP contribution >= 0.6 is 0 Å². The van der Waals surface area contributed by atoms with E-state index in [-0.39, 0.29) is 23.7 Å². The molecule has 0 saturated heterocycles. The lowest BCUT2D eigenvalue weighted by Gasteiger charge is -2.27. The zero-order valence-electron chi connectivity index (χ0n) is 15.8. The molecule has 4 nitrogen and oxygen atoms in total. The minimum atomic E-state index is -4.96. The third-order valence-corrected chi connectivity index (χ3v) is 5.52. The molecule has 162 valence electrons. The minimum Gasteiger partial charge on any atom is -0.387 e. The normalized spacial score (nSPS) is 24.8. The van der Waals surface area contributed by atoms with Crippen molar-refractivity contribution in [3.63, 3.8) is 0 Å². The fourth-order valence-corrected chi connectivity index (χ4v) is 4.01. The monoisotopic (exact) mass is 431 g/mol. The Morgan fingerprint density at radius 3 is 2.60 bits per heavy atom. The second kappa shape index (κ2) is 7.12. The molecule has 4 atom stereocenters. The number of fused-ring (bicyclic) bond motifs is 2. The number of benzene rings is 1. The molecule has 1 aliphatic carbocycles. The molecule has 1 aromatic carbocycles. The standard InChI is InChI=1S/C20H19F6N3O/c1-9-5-10-6-12(10)18(28-9)27-8-15(30)13-7-16(20(24,25)26)29-17-11(13)3-2-4-14(17)19(21,22)23/h2-5,7,10,12,15,18,27-28,30H,6,8H2,1H3. The van der Waals surface area contributed by atoms with Crippen molar-refractivity contribution in [1.82, 2.24) is 15.6 Å². The van der Waals surface area contributed by atoms with Gasteiger partial charge in [0.05, 0.1) is 23.3 Å². The summed E-state index contributed by atoms with van der Waals surface area (Å²) < 4.78 is 80.0. The van der Waals surface area contributed by atoms with Gasteiger partial charge in [0, 0.05) is 17.6 Å². The molecule has 0 amide bonds. The minimum absolute atomic E-state index is 0.124. The van der Waals surface area contributed by atoms with Crippen molar-refractivity contribution in [2.75, 3.05) is 6.54 Å². The van der Waals surface area contributed by atoms with Crippen molar-refractivity contribution in [3.05, 3.63) is 52.9 Å². The zero-order chi connectivity index (χ0) is 21.8. The van der Waals surface area contributed by atoms with Crippen molar-refractivity contribution in [3.8, 4) is 0 Å². The SMILES string of the molecule is CC1=CC2CC2C(NCC(O)c2cc(C(F)(F)F)nc3c(C(F)(F)F)cccc23)N1. The Labute approximate surface area is 168 Å². The Balaban J connectivity index is 1.69. The molecule has 0 radical (unpaired) electrons. The first-order valence-electron chi connectivity index (χ1n) is 9.39. The van der Waals surface area contributed by atoms with Gasteiger partial charge < -0.3 is 10.4 Å². The van der Waals surface area contributed by atoms with Gasteiger partial charge in [0.15, 0.2) is 0 Å².